The topological polar surface area (TPSA) is 147 Å². The maximum absolute atomic E-state index is 12.3. The molecular weight excluding hydrogens is 352 g/mol. The summed E-state index contributed by atoms with van der Waals surface area (Å²) in [5, 5.41) is 29.1. The molecule has 0 aromatic heterocycles. The van der Waals surface area contributed by atoms with Crippen LogP contribution in [0.1, 0.15) is 5.56 Å². The van der Waals surface area contributed by atoms with Crippen molar-refractivity contribution in [3.05, 3.63) is 64.2 Å². The van der Waals surface area contributed by atoms with Gasteiger partial charge in [0, 0.05) is 12.1 Å². The van der Waals surface area contributed by atoms with Crippen molar-refractivity contribution in [2.24, 2.45) is 0 Å². The molecule has 10 heteroatoms. The molecule has 3 N–H and O–H groups in total. The zero-order chi connectivity index (χ0) is 18.6. The number of carboxylic acid groups (broad SMARTS) is 1. The van der Waals surface area contributed by atoms with Crippen LogP contribution in [0.3, 0.4) is 0 Å². The van der Waals surface area contributed by atoms with E-state index >= 15 is 0 Å². The second kappa shape index (κ2) is 7.28. The molecule has 0 amide bonds. The number of hydrogen-bond acceptors (Lipinski definition) is 6. The van der Waals surface area contributed by atoms with E-state index < -0.39 is 27.0 Å². The lowest BCUT2D eigenvalue weighted by molar-refractivity contribution is -0.384. The van der Waals surface area contributed by atoms with E-state index in [-0.39, 0.29) is 22.8 Å². The van der Waals surface area contributed by atoms with E-state index in [4.69, 9.17) is 0 Å². The quantitative estimate of drug-likeness (QED) is 0.494. The van der Waals surface area contributed by atoms with Gasteiger partial charge >= 0.3 is 5.97 Å². The third-order valence-corrected chi connectivity index (χ3v) is 4.82. The van der Waals surface area contributed by atoms with Gasteiger partial charge in [0.05, 0.1) is 9.82 Å². The highest BCUT2D eigenvalue weighted by molar-refractivity contribution is 7.89. The molecule has 2 aromatic rings. The first-order chi connectivity index (χ1) is 11.7. The lowest BCUT2D eigenvalue weighted by Crippen LogP contribution is -2.42. The van der Waals surface area contributed by atoms with Crippen molar-refractivity contribution in [3.8, 4) is 5.75 Å². The summed E-state index contributed by atoms with van der Waals surface area (Å²) < 4.78 is 26.6. The average molecular weight is 366 g/mol. The van der Waals surface area contributed by atoms with Gasteiger partial charge < -0.3 is 10.2 Å². The molecule has 0 fully saturated rings. The fraction of sp³-hybridized carbons (Fsp3) is 0.133. The molecule has 0 radical (unpaired) electrons. The van der Waals surface area contributed by atoms with Crippen molar-refractivity contribution >= 4 is 21.7 Å². The Labute approximate surface area is 142 Å². The van der Waals surface area contributed by atoms with E-state index in [9.17, 15) is 33.5 Å². The van der Waals surface area contributed by atoms with Crippen molar-refractivity contribution in [3.63, 3.8) is 0 Å². The fourth-order valence-corrected chi connectivity index (χ4v) is 3.24. The summed E-state index contributed by atoms with van der Waals surface area (Å²) in [7, 11) is -4.18. The number of non-ortho nitro benzene ring substituents is 1. The zero-order valence-corrected chi connectivity index (χ0v) is 13.5. The average Bonchev–Trinajstić information content (AvgIpc) is 2.56. The van der Waals surface area contributed by atoms with Gasteiger partial charge in [-0.05, 0) is 36.2 Å². The van der Waals surface area contributed by atoms with Crippen LogP contribution in [-0.4, -0.2) is 35.6 Å². The minimum Gasteiger partial charge on any atom is -0.508 e. The highest BCUT2D eigenvalue weighted by Gasteiger charge is 2.26. The van der Waals surface area contributed by atoms with Crippen LogP contribution < -0.4 is 4.72 Å². The Morgan fingerprint density at radius 1 is 1.12 bits per heavy atom. The number of hydrogen-bond donors (Lipinski definition) is 3. The molecule has 0 spiro atoms. The molecule has 0 heterocycles. The Morgan fingerprint density at radius 2 is 1.68 bits per heavy atom. The van der Waals surface area contributed by atoms with Gasteiger partial charge in [-0.1, -0.05) is 12.1 Å². The molecule has 0 saturated carbocycles. The third kappa shape index (κ3) is 4.75. The summed E-state index contributed by atoms with van der Waals surface area (Å²) in [6, 6.07) is 8.33. The van der Waals surface area contributed by atoms with Crippen LogP contribution >= 0.6 is 0 Å². The monoisotopic (exact) mass is 366 g/mol. The maximum Gasteiger partial charge on any atom is 0.322 e. The second-order valence-electron chi connectivity index (χ2n) is 5.13. The molecular formula is C15H14N2O7S. The smallest absolute Gasteiger partial charge is 0.322 e. The Kier molecular flexibility index (Phi) is 5.35. The van der Waals surface area contributed by atoms with Crippen LogP contribution in [0.15, 0.2) is 53.4 Å². The summed E-state index contributed by atoms with van der Waals surface area (Å²) in [6.07, 6.45) is -0.137. The number of phenolic OH excluding ortho intramolecular Hbond substituents is 1. The number of nitrogens with one attached hydrogen (secondary N) is 1. The third-order valence-electron chi connectivity index (χ3n) is 3.33. The van der Waals surface area contributed by atoms with E-state index in [1.165, 1.54) is 24.3 Å². The Morgan fingerprint density at radius 3 is 2.16 bits per heavy atom. The highest BCUT2D eigenvalue weighted by atomic mass is 32.2. The van der Waals surface area contributed by atoms with Crippen molar-refractivity contribution in [2.45, 2.75) is 17.4 Å². The first-order valence-electron chi connectivity index (χ1n) is 6.96. The van der Waals surface area contributed by atoms with Crippen molar-refractivity contribution < 1.29 is 28.3 Å². The highest BCUT2D eigenvalue weighted by Crippen LogP contribution is 2.17. The number of carboxylic acids is 1. The Bertz CT molecular complexity index is 877. The molecule has 0 saturated heterocycles. The summed E-state index contributed by atoms with van der Waals surface area (Å²) in [5.74, 6) is -1.37. The number of aromatic hydroxyl groups is 1. The number of nitro groups is 1. The fourth-order valence-electron chi connectivity index (χ4n) is 2.05. The zero-order valence-electron chi connectivity index (χ0n) is 12.7. The molecule has 2 rings (SSSR count). The first-order valence-corrected chi connectivity index (χ1v) is 8.45. The van der Waals surface area contributed by atoms with Crippen LogP contribution in [0, 0.1) is 10.1 Å². The summed E-state index contributed by atoms with van der Waals surface area (Å²) in [4.78, 5) is 21.0. The molecule has 0 aliphatic rings. The standard InChI is InChI=1S/C15H14N2O7S/c18-12-5-1-10(2-6-12)9-14(15(19)20)16-25(23,24)13-7-3-11(4-8-13)17(21)22/h1-8,14,16,18H,9H2,(H,19,20)/t14-/m0/s1. The number of phenols is 1. The molecule has 1 atom stereocenters. The summed E-state index contributed by atoms with van der Waals surface area (Å²) in [6.45, 7) is 0. The molecule has 0 aliphatic heterocycles. The number of nitro benzene ring substituents is 1. The van der Waals surface area contributed by atoms with Crippen LogP contribution in [0.4, 0.5) is 5.69 Å². The van der Waals surface area contributed by atoms with Gasteiger partial charge in [-0.3, -0.25) is 14.9 Å². The molecule has 2 aromatic carbocycles. The Hall–Kier alpha value is -2.98. The largest absolute Gasteiger partial charge is 0.508 e. The molecule has 0 unspecified atom stereocenters. The van der Waals surface area contributed by atoms with Crippen LogP contribution in [0.2, 0.25) is 0 Å². The summed E-state index contributed by atoms with van der Waals surface area (Å²) >= 11 is 0. The number of sulfonamides is 1. The molecule has 9 nitrogen and oxygen atoms in total. The number of benzene rings is 2. The van der Waals surface area contributed by atoms with Crippen LogP contribution in [-0.2, 0) is 21.2 Å². The lowest BCUT2D eigenvalue weighted by atomic mass is 10.1. The first kappa shape index (κ1) is 18.4. The van der Waals surface area contributed by atoms with Crippen LogP contribution in [0.25, 0.3) is 0 Å². The molecule has 132 valence electrons. The van der Waals surface area contributed by atoms with E-state index in [0.717, 1.165) is 24.3 Å². The number of rotatable bonds is 7. The van der Waals surface area contributed by atoms with Crippen molar-refractivity contribution in [2.75, 3.05) is 0 Å². The molecule has 0 aliphatic carbocycles. The van der Waals surface area contributed by atoms with Gasteiger partial charge in [0.2, 0.25) is 10.0 Å². The maximum atomic E-state index is 12.3. The van der Waals surface area contributed by atoms with Gasteiger partial charge in [-0.2, -0.15) is 4.72 Å². The van der Waals surface area contributed by atoms with Crippen molar-refractivity contribution in [1.82, 2.24) is 4.72 Å². The van der Waals surface area contributed by atoms with E-state index in [1.54, 1.807) is 0 Å². The Balaban J connectivity index is 2.20. The van der Waals surface area contributed by atoms with Gasteiger partial charge in [0.25, 0.3) is 5.69 Å². The number of aliphatic carboxylic acids is 1. The van der Waals surface area contributed by atoms with Gasteiger partial charge in [0.1, 0.15) is 11.8 Å². The van der Waals surface area contributed by atoms with Gasteiger partial charge in [-0.25, -0.2) is 8.42 Å². The second-order valence-corrected chi connectivity index (χ2v) is 6.85. The lowest BCUT2D eigenvalue weighted by Gasteiger charge is -2.15. The molecule has 0 bridgehead atoms. The SMILES string of the molecule is O=C(O)[C@H](Cc1ccc(O)cc1)NS(=O)(=O)c1ccc([N+](=O)[O-])cc1. The predicted octanol–water partition coefficient (Wildman–Crippen LogP) is 1.27. The van der Waals surface area contributed by atoms with Crippen LogP contribution in [0.5, 0.6) is 5.75 Å². The van der Waals surface area contributed by atoms with E-state index in [0.29, 0.717) is 5.56 Å². The van der Waals surface area contributed by atoms with E-state index in [1.807, 2.05) is 0 Å². The normalized spacial score (nSPS) is 12.5. The minimum atomic E-state index is -4.18. The number of carbonyl (C=O) groups is 1. The van der Waals surface area contributed by atoms with Crippen molar-refractivity contribution in [1.29, 1.82) is 0 Å². The minimum absolute atomic E-state index is 0.00193. The molecule has 25 heavy (non-hydrogen) atoms. The van der Waals surface area contributed by atoms with Gasteiger partial charge in [0.15, 0.2) is 0 Å². The summed E-state index contributed by atoms with van der Waals surface area (Å²) in [5.41, 5.74) is 0.231. The number of nitrogens with zero attached hydrogens (tertiary/aromatic N) is 1. The predicted molar refractivity (Wildman–Crippen MR) is 86.7 cm³/mol. The van der Waals surface area contributed by atoms with Gasteiger partial charge in [-0.15, -0.1) is 0 Å². The van der Waals surface area contributed by atoms with E-state index in [2.05, 4.69) is 4.72 Å².